The summed E-state index contributed by atoms with van der Waals surface area (Å²) in [6, 6.07) is 3.61. The quantitative estimate of drug-likeness (QED) is 0.737. The molecule has 98 valence electrons. The van der Waals surface area contributed by atoms with Crippen molar-refractivity contribution in [1.29, 1.82) is 0 Å². The van der Waals surface area contributed by atoms with Crippen LogP contribution < -0.4 is 4.74 Å². The standard InChI is InChI=1S/C10H6BrF3O3S/c1-18(15,16)5-4-7-6-8(11)2-3-9(7)17-10(12,13)14/h2-3,6H,1H3. The molecule has 0 aliphatic carbocycles. The highest BCUT2D eigenvalue weighted by molar-refractivity contribution is 9.10. The lowest BCUT2D eigenvalue weighted by molar-refractivity contribution is -0.274. The van der Waals surface area contributed by atoms with Gasteiger partial charge in [0, 0.05) is 9.73 Å². The van der Waals surface area contributed by atoms with E-state index in [1.807, 2.05) is 5.25 Å². The molecule has 1 rings (SSSR count). The number of hydrogen-bond donors (Lipinski definition) is 0. The van der Waals surface area contributed by atoms with Gasteiger partial charge in [-0.25, -0.2) is 8.42 Å². The van der Waals surface area contributed by atoms with Crippen molar-refractivity contribution >= 4 is 25.8 Å². The number of halogens is 4. The normalized spacial score (nSPS) is 11.6. The SMILES string of the molecule is CS(=O)(=O)C#Cc1cc(Br)ccc1OC(F)(F)F. The molecule has 1 aromatic rings. The summed E-state index contributed by atoms with van der Waals surface area (Å²) in [5, 5.41) is 1.85. The predicted octanol–water partition coefficient (Wildman–Crippen LogP) is 2.70. The molecule has 0 bridgehead atoms. The van der Waals surface area contributed by atoms with Crippen LogP contribution in [-0.2, 0) is 9.84 Å². The molecule has 0 heterocycles. The molecule has 18 heavy (non-hydrogen) atoms. The number of benzene rings is 1. The van der Waals surface area contributed by atoms with Crippen molar-refractivity contribution in [3.05, 3.63) is 28.2 Å². The van der Waals surface area contributed by atoms with Crippen molar-refractivity contribution in [3.63, 3.8) is 0 Å². The maximum atomic E-state index is 12.1. The third-order valence-electron chi connectivity index (χ3n) is 1.54. The van der Waals surface area contributed by atoms with Crippen molar-refractivity contribution in [2.24, 2.45) is 0 Å². The van der Waals surface area contributed by atoms with Crippen LogP contribution in [0, 0.1) is 11.2 Å². The molecule has 0 spiro atoms. The third-order valence-corrected chi connectivity index (χ3v) is 2.50. The minimum atomic E-state index is -4.87. The molecule has 0 aromatic heterocycles. The van der Waals surface area contributed by atoms with Gasteiger partial charge in [0.15, 0.2) is 0 Å². The largest absolute Gasteiger partial charge is 0.573 e. The molecule has 0 saturated heterocycles. The van der Waals surface area contributed by atoms with Crippen molar-refractivity contribution < 1.29 is 26.3 Å². The zero-order chi connectivity index (χ0) is 14.0. The van der Waals surface area contributed by atoms with Gasteiger partial charge < -0.3 is 4.74 Å². The van der Waals surface area contributed by atoms with E-state index in [0.717, 1.165) is 12.3 Å². The van der Waals surface area contributed by atoms with Crippen LogP contribution in [-0.4, -0.2) is 21.0 Å². The second kappa shape index (κ2) is 5.20. The average Bonchev–Trinajstić information content (AvgIpc) is 2.15. The van der Waals surface area contributed by atoms with Crippen LogP contribution in [0.4, 0.5) is 13.2 Å². The van der Waals surface area contributed by atoms with Crippen LogP contribution in [0.3, 0.4) is 0 Å². The van der Waals surface area contributed by atoms with Gasteiger partial charge in [0.1, 0.15) is 5.75 Å². The number of ether oxygens (including phenoxy) is 1. The molecule has 3 nitrogen and oxygen atoms in total. The second-order valence-electron chi connectivity index (χ2n) is 3.19. The Kier molecular flexibility index (Phi) is 4.29. The summed E-state index contributed by atoms with van der Waals surface area (Å²) in [5.41, 5.74) is -0.174. The molecule has 0 radical (unpaired) electrons. The maximum absolute atomic E-state index is 12.1. The van der Waals surface area contributed by atoms with E-state index in [1.165, 1.54) is 12.1 Å². The Bertz CT molecular complexity index is 611. The van der Waals surface area contributed by atoms with E-state index in [9.17, 15) is 21.6 Å². The highest BCUT2D eigenvalue weighted by atomic mass is 79.9. The fraction of sp³-hybridized carbons (Fsp3) is 0.200. The van der Waals surface area contributed by atoms with Crippen LogP contribution in [0.1, 0.15) is 5.56 Å². The summed E-state index contributed by atoms with van der Waals surface area (Å²) < 4.78 is 62.2. The third kappa shape index (κ3) is 5.42. The highest BCUT2D eigenvalue weighted by Crippen LogP contribution is 2.28. The van der Waals surface area contributed by atoms with Crippen LogP contribution in [0.5, 0.6) is 5.75 Å². The van der Waals surface area contributed by atoms with Crippen LogP contribution in [0.2, 0.25) is 0 Å². The average molecular weight is 343 g/mol. The fourth-order valence-electron chi connectivity index (χ4n) is 0.961. The summed E-state index contributed by atoms with van der Waals surface area (Å²) in [6.45, 7) is 0. The predicted molar refractivity (Wildman–Crippen MR) is 62.5 cm³/mol. The van der Waals surface area contributed by atoms with Gasteiger partial charge >= 0.3 is 6.36 Å². The smallest absolute Gasteiger partial charge is 0.404 e. The molecule has 0 N–H and O–H groups in total. The summed E-state index contributed by atoms with van der Waals surface area (Å²) in [6.07, 6.45) is -4.02. The van der Waals surface area contributed by atoms with Crippen molar-refractivity contribution in [2.75, 3.05) is 6.26 Å². The first-order chi connectivity index (χ1) is 8.07. The Hall–Kier alpha value is -1.20. The lowest BCUT2D eigenvalue weighted by Gasteiger charge is -2.10. The van der Waals surface area contributed by atoms with Crippen molar-refractivity contribution in [2.45, 2.75) is 6.36 Å². The van der Waals surface area contributed by atoms with Gasteiger partial charge in [0.2, 0.25) is 9.84 Å². The highest BCUT2D eigenvalue weighted by Gasteiger charge is 2.32. The molecule has 8 heteroatoms. The Morgan fingerprint density at radius 2 is 1.94 bits per heavy atom. The molecule has 0 amide bonds. The summed E-state index contributed by atoms with van der Waals surface area (Å²) in [7, 11) is -3.61. The molecular formula is C10H6BrF3O3S. The summed E-state index contributed by atoms with van der Waals surface area (Å²) >= 11 is 3.04. The minimum Gasteiger partial charge on any atom is -0.404 e. The Labute approximate surface area is 110 Å². The fourth-order valence-corrected chi connectivity index (χ4v) is 1.62. The van der Waals surface area contributed by atoms with E-state index in [-0.39, 0.29) is 5.56 Å². The number of sulfone groups is 1. The van der Waals surface area contributed by atoms with Crippen LogP contribution in [0.25, 0.3) is 0 Å². The van der Waals surface area contributed by atoms with E-state index in [1.54, 1.807) is 0 Å². The topological polar surface area (TPSA) is 43.4 Å². The summed E-state index contributed by atoms with van der Waals surface area (Å²) in [4.78, 5) is 0. The Morgan fingerprint density at radius 3 is 2.44 bits per heavy atom. The number of alkyl halides is 3. The Balaban J connectivity index is 3.23. The van der Waals surface area contributed by atoms with E-state index in [4.69, 9.17) is 0 Å². The van der Waals surface area contributed by atoms with Crippen LogP contribution >= 0.6 is 15.9 Å². The van der Waals surface area contributed by atoms with Gasteiger partial charge in [-0.3, -0.25) is 0 Å². The monoisotopic (exact) mass is 342 g/mol. The Morgan fingerprint density at radius 1 is 1.33 bits per heavy atom. The lowest BCUT2D eigenvalue weighted by Crippen LogP contribution is -2.17. The molecule has 0 aliphatic heterocycles. The molecular weight excluding hydrogens is 337 g/mol. The van der Waals surface area contributed by atoms with Gasteiger partial charge in [0.25, 0.3) is 0 Å². The van der Waals surface area contributed by atoms with Gasteiger partial charge in [-0.1, -0.05) is 15.9 Å². The van der Waals surface area contributed by atoms with E-state index in [2.05, 4.69) is 26.6 Å². The zero-order valence-corrected chi connectivity index (χ0v) is 11.3. The molecule has 0 unspecified atom stereocenters. The van der Waals surface area contributed by atoms with Gasteiger partial charge in [-0.2, -0.15) is 0 Å². The first-order valence-corrected chi connectivity index (χ1v) is 7.03. The van der Waals surface area contributed by atoms with Crippen molar-refractivity contribution in [1.82, 2.24) is 0 Å². The second-order valence-corrected chi connectivity index (χ2v) is 5.85. The van der Waals surface area contributed by atoms with E-state index < -0.39 is 21.9 Å². The van der Waals surface area contributed by atoms with Gasteiger partial charge in [0.05, 0.1) is 11.8 Å². The van der Waals surface area contributed by atoms with Gasteiger partial charge in [-0.15, -0.1) is 13.2 Å². The summed E-state index contributed by atoms with van der Waals surface area (Å²) in [5.74, 6) is 1.57. The minimum absolute atomic E-state index is 0.174. The lowest BCUT2D eigenvalue weighted by atomic mass is 10.2. The number of hydrogen-bond acceptors (Lipinski definition) is 3. The van der Waals surface area contributed by atoms with E-state index in [0.29, 0.717) is 4.47 Å². The molecule has 0 fully saturated rings. The van der Waals surface area contributed by atoms with Gasteiger partial charge in [-0.05, 0) is 24.1 Å². The number of rotatable bonds is 1. The zero-order valence-electron chi connectivity index (χ0n) is 8.88. The molecule has 0 saturated carbocycles. The maximum Gasteiger partial charge on any atom is 0.573 e. The molecule has 1 aromatic carbocycles. The first kappa shape index (κ1) is 14.9. The molecule has 0 atom stereocenters. The molecule has 0 aliphatic rings. The van der Waals surface area contributed by atoms with Crippen molar-refractivity contribution in [3.8, 4) is 16.9 Å². The first-order valence-electron chi connectivity index (χ1n) is 4.35. The van der Waals surface area contributed by atoms with Crippen LogP contribution in [0.15, 0.2) is 22.7 Å². The van der Waals surface area contributed by atoms with E-state index >= 15 is 0 Å².